The second-order valence-corrected chi connectivity index (χ2v) is 8.30. The number of hydrogen-bond donors (Lipinski definition) is 2. The minimum absolute atomic E-state index is 0.0568. The summed E-state index contributed by atoms with van der Waals surface area (Å²) in [6.07, 6.45) is 3.69. The molecule has 0 bridgehead atoms. The molecule has 162 valence electrons. The highest BCUT2D eigenvalue weighted by Gasteiger charge is 2.32. The van der Waals surface area contributed by atoms with Crippen LogP contribution in [0.25, 0.3) is 0 Å². The molecule has 0 radical (unpaired) electrons. The molecule has 1 heterocycles. The third-order valence-corrected chi connectivity index (χ3v) is 5.57. The van der Waals surface area contributed by atoms with Crippen LogP contribution in [0.5, 0.6) is 5.75 Å². The number of ether oxygens (including phenoxy) is 1. The number of rotatable bonds is 9. The molecule has 0 unspecified atom stereocenters. The Morgan fingerprint density at radius 3 is 2.77 bits per heavy atom. The van der Waals surface area contributed by atoms with Crippen molar-refractivity contribution in [3.63, 3.8) is 0 Å². The highest BCUT2D eigenvalue weighted by molar-refractivity contribution is 8.15. The summed E-state index contributed by atoms with van der Waals surface area (Å²) in [5.41, 5.74) is 2.63. The van der Waals surface area contributed by atoms with Crippen LogP contribution in [-0.4, -0.2) is 35.1 Å². The number of nitrogens with one attached hydrogen (secondary N) is 2. The number of unbranched alkanes of at least 4 members (excludes halogenated alkanes) is 1. The van der Waals surface area contributed by atoms with Gasteiger partial charge in [0.25, 0.3) is 0 Å². The monoisotopic (exact) mass is 438 g/mol. The summed E-state index contributed by atoms with van der Waals surface area (Å²) in [7, 11) is 0. The van der Waals surface area contributed by atoms with Crippen molar-refractivity contribution in [3.05, 3.63) is 59.7 Å². The zero-order valence-corrected chi connectivity index (χ0v) is 18.4. The fourth-order valence-electron chi connectivity index (χ4n) is 2.79. The number of carbonyl (C=O) groups excluding carboxylic acids is 2. The Morgan fingerprint density at radius 1 is 1.23 bits per heavy atom. The Labute approximate surface area is 186 Å². The molecule has 2 N–H and O–H groups in total. The fourth-order valence-corrected chi connectivity index (χ4v) is 3.72. The summed E-state index contributed by atoms with van der Waals surface area (Å²) < 4.78 is 5.77. The molecule has 7 nitrogen and oxygen atoms in total. The summed E-state index contributed by atoms with van der Waals surface area (Å²) >= 11 is 1.20. The van der Waals surface area contributed by atoms with E-state index in [0.717, 1.165) is 29.7 Å². The molecule has 3 rings (SSSR count). The Bertz CT molecular complexity index is 973. The van der Waals surface area contributed by atoms with Crippen molar-refractivity contribution in [2.45, 2.75) is 38.4 Å². The van der Waals surface area contributed by atoms with Crippen molar-refractivity contribution in [2.24, 2.45) is 10.2 Å². The third kappa shape index (κ3) is 6.96. The molecule has 0 aliphatic carbocycles. The Morgan fingerprint density at radius 2 is 2.00 bits per heavy atom. The predicted octanol–water partition coefficient (Wildman–Crippen LogP) is 4.12. The van der Waals surface area contributed by atoms with Crippen molar-refractivity contribution in [1.29, 1.82) is 0 Å². The van der Waals surface area contributed by atoms with Crippen LogP contribution >= 0.6 is 11.8 Å². The highest BCUT2D eigenvalue weighted by Crippen LogP contribution is 2.23. The van der Waals surface area contributed by atoms with E-state index in [1.54, 1.807) is 6.21 Å². The first-order chi connectivity index (χ1) is 15.0. The molecule has 0 aromatic heterocycles. The number of amidine groups is 1. The number of hydrogen-bond acceptors (Lipinski definition) is 6. The molecule has 1 aliphatic heterocycles. The summed E-state index contributed by atoms with van der Waals surface area (Å²) in [6, 6.07) is 15.1. The van der Waals surface area contributed by atoms with Gasteiger partial charge in [0.15, 0.2) is 5.17 Å². The van der Waals surface area contributed by atoms with Crippen molar-refractivity contribution < 1.29 is 14.3 Å². The topological polar surface area (TPSA) is 92.2 Å². The standard InChI is InChI=1S/C23H26N4O3S/c1-3-4-13-30-19-8-6-5-7-17(19)15-24-27-23-26-22(29)20(31-23)14-21(28)25-18-11-9-16(2)10-12-18/h5-12,15,20H,3-4,13-14H2,1-2H3,(H,25,28)(H,26,27,29)/b24-15-/t20-/m1/s1. The zero-order valence-electron chi connectivity index (χ0n) is 17.6. The van der Waals surface area contributed by atoms with E-state index in [2.05, 4.69) is 27.8 Å². The minimum atomic E-state index is -0.538. The van der Waals surface area contributed by atoms with E-state index in [1.165, 1.54) is 11.8 Å². The number of benzene rings is 2. The van der Waals surface area contributed by atoms with E-state index < -0.39 is 5.25 Å². The van der Waals surface area contributed by atoms with Gasteiger partial charge < -0.3 is 15.4 Å². The van der Waals surface area contributed by atoms with E-state index in [-0.39, 0.29) is 18.2 Å². The van der Waals surface area contributed by atoms with Crippen LogP contribution in [0.2, 0.25) is 0 Å². The van der Waals surface area contributed by atoms with Crippen LogP contribution < -0.4 is 15.4 Å². The first kappa shape index (κ1) is 22.6. The van der Waals surface area contributed by atoms with Crippen LogP contribution in [0.1, 0.15) is 37.3 Å². The van der Waals surface area contributed by atoms with E-state index in [1.807, 2.05) is 55.5 Å². The number of anilines is 1. The van der Waals surface area contributed by atoms with Gasteiger partial charge in [-0.15, -0.1) is 5.10 Å². The number of carbonyl (C=O) groups is 2. The molecule has 8 heteroatoms. The van der Waals surface area contributed by atoms with Gasteiger partial charge in [-0.2, -0.15) is 5.10 Å². The van der Waals surface area contributed by atoms with Crippen LogP contribution in [0.3, 0.4) is 0 Å². The lowest BCUT2D eigenvalue weighted by molar-refractivity contribution is -0.122. The number of para-hydroxylation sites is 1. The normalized spacial score (nSPS) is 17.2. The van der Waals surface area contributed by atoms with Gasteiger partial charge in [-0.1, -0.05) is 54.9 Å². The number of thioether (sulfide) groups is 1. The summed E-state index contributed by atoms with van der Waals surface area (Å²) in [6.45, 7) is 4.74. The molecule has 2 aromatic rings. The number of aryl methyl sites for hydroxylation is 1. The maximum Gasteiger partial charge on any atom is 0.240 e. The molecule has 31 heavy (non-hydrogen) atoms. The van der Waals surface area contributed by atoms with E-state index in [9.17, 15) is 9.59 Å². The lowest BCUT2D eigenvalue weighted by Gasteiger charge is -2.07. The second kappa shape index (κ2) is 11.3. The quantitative estimate of drug-likeness (QED) is 0.350. The number of amides is 2. The molecule has 2 aromatic carbocycles. The van der Waals surface area contributed by atoms with Gasteiger partial charge in [0.2, 0.25) is 11.8 Å². The minimum Gasteiger partial charge on any atom is -0.493 e. The van der Waals surface area contributed by atoms with Gasteiger partial charge in [-0.25, -0.2) is 0 Å². The molecule has 0 spiro atoms. The molecular formula is C23H26N4O3S. The van der Waals surface area contributed by atoms with Crippen molar-refractivity contribution >= 4 is 40.6 Å². The lowest BCUT2D eigenvalue weighted by atomic mass is 10.2. The maximum absolute atomic E-state index is 12.3. The first-order valence-electron chi connectivity index (χ1n) is 10.2. The van der Waals surface area contributed by atoms with E-state index in [0.29, 0.717) is 17.5 Å². The molecule has 1 saturated heterocycles. The Hall–Kier alpha value is -3.13. The average molecular weight is 439 g/mol. The summed E-state index contributed by atoms with van der Waals surface area (Å²) in [5.74, 6) is 0.273. The predicted molar refractivity (Wildman–Crippen MR) is 126 cm³/mol. The zero-order chi connectivity index (χ0) is 22.1. The van der Waals surface area contributed by atoms with Crippen molar-refractivity contribution in [1.82, 2.24) is 5.32 Å². The van der Waals surface area contributed by atoms with Crippen LogP contribution in [0.15, 0.2) is 58.7 Å². The fraction of sp³-hybridized carbons (Fsp3) is 0.304. The maximum atomic E-state index is 12.3. The Kier molecular flexibility index (Phi) is 8.23. The summed E-state index contributed by atoms with van der Waals surface area (Å²) in [4.78, 5) is 24.4. The van der Waals surface area contributed by atoms with Crippen LogP contribution in [-0.2, 0) is 9.59 Å². The third-order valence-electron chi connectivity index (χ3n) is 4.50. The average Bonchev–Trinajstić information content (AvgIpc) is 3.10. The van der Waals surface area contributed by atoms with E-state index >= 15 is 0 Å². The van der Waals surface area contributed by atoms with Crippen LogP contribution in [0, 0.1) is 6.92 Å². The smallest absolute Gasteiger partial charge is 0.240 e. The SMILES string of the molecule is CCCCOc1ccccc1/C=N\N=C1\NC(=O)[C@@H](CC(=O)Nc2ccc(C)cc2)S1. The molecule has 2 amide bonds. The second-order valence-electron chi connectivity index (χ2n) is 7.10. The summed E-state index contributed by atoms with van der Waals surface area (Å²) in [5, 5.41) is 13.5. The highest BCUT2D eigenvalue weighted by atomic mass is 32.2. The molecule has 1 atom stereocenters. The van der Waals surface area contributed by atoms with Gasteiger partial charge in [0, 0.05) is 17.7 Å². The van der Waals surface area contributed by atoms with Crippen molar-refractivity contribution in [3.8, 4) is 5.75 Å². The Balaban J connectivity index is 1.55. The van der Waals surface area contributed by atoms with Gasteiger partial charge in [0.05, 0.1) is 12.8 Å². The molecule has 1 aliphatic rings. The van der Waals surface area contributed by atoms with E-state index in [4.69, 9.17) is 4.74 Å². The number of nitrogens with zero attached hydrogens (tertiary/aromatic N) is 2. The van der Waals surface area contributed by atoms with Gasteiger partial charge in [0.1, 0.15) is 11.0 Å². The first-order valence-corrected chi connectivity index (χ1v) is 11.1. The largest absolute Gasteiger partial charge is 0.493 e. The van der Waals surface area contributed by atoms with Gasteiger partial charge >= 0.3 is 0 Å². The van der Waals surface area contributed by atoms with Crippen LogP contribution in [0.4, 0.5) is 5.69 Å². The lowest BCUT2D eigenvalue weighted by Crippen LogP contribution is -2.28. The molecule has 1 fully saturated rings. The van der Waals surface area contributed by atoms with Gasteiger partial charge in [-0.3, -0.25) is 9.59 Å². The molecular weight excluding hydrogens is 412 g/mol. The van der Waals surface area contributed by atoms with Crippen molar-refractivity contribution in [2.75, 3.05) is 11.9 Å². The van der Waals surface area contributed by atoms with Gasteiger partial charge in [-0.05, 0) is 37.6 Å². The molecule has 0 saturated carbocycles.